The lowest BCUT2D eigenvalue weighted by Gasteiger charge is -2.26. The molecule has 18 heavy (non-hydrogen) atoms. The van der Waals surface area contributed by atoms with E-state index in [1.165, 1.54) is 7.11 Å². The maximum atomic E-state index is 11.9. The molecule has 0 aromatic rings. The average Bonchev–Trinajstić information content (AvgIpc) is 2.31. The van der Waals surface area contributed by atoms with Crippen LogP contribution in [0.5, 0.6) is 0 Å². The first-order valence-electron chi connectivity index (χ1n) is 6.03. The molecule has 0 aliphatic rings. The summed E-state index contributed by atoms with van der Waals surface area (Å²) in [5, 5.41) is 4.36. The van der Waals surface area contributed by atoms with Crippen LogP contribution in [0.4, 0.5) is 0 Å². The van der Waals surface area contributed by atoms with E-state index in [4.69, 9.17) is 4.58 Å². The number of hydrogen-bond donors (Lipinski definition) is 0. The fourth-order valence-corrected chi connectivity index (χ4v) is 3.73. The SMILES string of the molecule is COOO[SiH2]CCCSCC(C)(C)C(=O)N(C)C. The summed E-state index contributed by atoms with van der Waals surface area (Å²) in [6.45, 7) is 3.99. The Kier molecular flexibility index (Phi) is 9.75. The van der Waals surface area contributed by atoms with E-state index in [2.05, 4.69) is 9.93 Å². The summed E-state index contributed by atoms with van der Waals surface area (Å²) in [4.78, 5) is 17.9. The van der Waals surface area contributed by atoms with Crippen molar-refractivity contribution in [2.45, 2.75) is 26.3 Å². The van der Waals surface area contributed by atoms with Crippen LogP contribution >= 0.6 is 11.8 Å². The summed E-state index contributed by atoms with van der Waals surface area (Å²) in [6, 6.07) is 1.05. The maximum Gasteiger partial charge on any atom is 0.228 e. The normalized spacial score (nSPS) is 12.3. The molecule has 0 aliphatic carbocycles. The van der Waals surface area contributed by atoms with E-state index in [-0.39, 0.29) is 11.3 Å². The molecule has 0 spiro atoms. The smallest absolute Gasteiger partial charge is 0.228 e. The molecule has 0 saturated carbocycles. The Labute approximate surface area is 116 Å². The molecule has 108 valence electrons. The van der Waals surface area contributed by atoms with Crippen LogP contribution in [0.15, 0.2) is 0 Å². The number of amides is 1. The topological polar surface area (TPSA) is 48.0 Å². The molecule has 7 heteroatoms. The summed E-state index contributed by atoms with van der Waals surface area (Å²) in [5.74, 6) is 2.08. The molecule has 5 nitrogen and oxygen atoms in total. The van der Waals surface area contributed by atoms with Gasteiger partial charge in [-0.15, -0.1) is 0 Å². The summed E-state index contributed by atoms with van der Waals surface area (Å²) in [5.41, 5.74) is -0.290. The van der Waals surface area contributed by atoms with Gasteiger partial charge in [0.05, 0.1) is 12.5 Å². The first-order chi connectivity index (χ1) is 8.41. The predicted molar refractivity (Wildman–Crippen MR) is 76.9 cm³/mol. The van der Waals surface area contributed by atoms with E-state index in [0.717, 1.165) is 24.0 Å². The van der Waals surface area contributed by atoms with Crippen molar-refractivity contribution in [1.82, 2.24) is 4.90 Å². The highest BCUT2D eigenvalue weighted by Gasteiger charge is 2.28. The molecule has 1 amide bonds. The van der Waals surface area contributed by atoms with E-state index < -0.39 is 9.76 Å². The Morgan fingerprint density at radius 1 is 1.39 bits per heavy atom. The van der Waals surface area contributed by atoms with Gasteiger partial charge in [0, 0.05) is 19.8 Å². The van der Waals surface area contributed by atoms with E-state index >= 15 is 0 Å². The maximum absolute atomic E-state index is 11.9. The zero-order valence-corrected chi connectivity index (χ0v) is 14.3. The standard InChI is InChI=1S/C11H25NO4SSi/c1-11(2,10(13)12(3)4)9-17-7-6-8-18-16-15-14-5/h6-9,18H2,1-5H3. The summed E-state index contributed by atoms with van der Waals surface area (Å²) >= 11 is 1.82. The molecule has 0 N–H and O–H groups in total. The first-order valence-corrected chi connectivity index (χ1v) is 8.77. The van der Waals surface area contributed by atoms with Crippen LogP contribution in [0.3, 0.4) is 0 Å². The van der Waals surface area contributed by atoms with Gasteiger partial charge in [0.2, 0.25) is 15.7 Å². The van der Waals surface area contributed by atoms with Crippen molar-refractivity contribution in [2.24, 2.45) is 5.41 Å². The molecule has 0 aliphatic heterocycles. The van der Waals surface area contributed by atoms with E-state index in [0.29, 0.717) is 0 Å². The van der Waals surface area contributed by atoms with Crippen molar-refractivity contribution in [3.05, 3.63) is 0 Å². The van der Waals surface area contributed by atoms with Crippen LogP contribution in [0, 0.1) is 5.41 Å². The van der Waals surface area contributed by atoms with Crippen LogP contribution in [-0.2, 0) is 19.3 Å². The lowest BCUT2D eigenvalue weighted by molar-refractivity contribution is -0.456. The van der Waals surface area contributed by atoms with Crippen LogP contribution < -0.4 is 0 Å². The highest BCUT2D eigenvalue weighted by atomic mass is 32.2. The minimum absolute atomic E-state index is 0.182. The second kappa shape index (κ2) is 9.80. The predicted octanol–water partition coefficient (Wildman–Crippen LogP) is 1.24. The number of rotatable bonds is 10. The molecular weight excluding hydrogens is 270 g/mol. The molecule has 0 bridgehead atoms. The molecule has 0 aromatic heterocycles. The van der Waals surface area contributed by atoms with Gasteiger partial charge in [0.1, 0.15) is 0 Å². The fraction of sp³-hybridized carbons (Fsp3) is 0.909. The molecule has 0 aromatic carbocycles. The van der Waals surface area contributed by atoms with E-state index in [9.17, 15) is 4.79 Å². The monoisotopic (exact) mass is 295 g/mol. The quantitative estimate of drug-likeness (QED) is 0.263. The molecule has 0 atom stereocenters. The van der Waals surface area contributed by atoms with Gasteiger partial charge in [-0.2, -0.15) is 11.8 Å². The van der Waals surface area contributed by atoms with Crippen LogP contribution in [-0.4, -0.2) is 53.3 Å². The fourth-order valence-electron chi connectivity index (χ4n) is 1.44. The number of nitrogens with zero attached hydrogens (tertiary/aromatic N) is 1. The van der Waals surface area contributed by atoms with Crippen molar-refractivity contribution < 1.29 is 19.3 Å². The van der Waals surface area contributed by atoms with Crippen molar-refractivity contribution in [3.8, 4) is 0 Å². The van der Waals surface area contributed by atoms with Crippen LogP contribution in [0.2, 0.25) is 6.04 Å². The molecule has 0 saturated heterocycles. The van der Waals surface area contributed by atoms with Gasteiger partial charge < -0.3 is 4.90 Å². The highest BCUT2D eigenvalue weighted by molar-refractivity contribution is 7.99. The third-order valence-electron chi connectivity index (χ3n) is 2.33. The second-order valence-electron chi connectivity index (χ2n) is 4.90. The molecule has 0 radical (unpaired) electrons. The summed E-state index contributed by atoms with van der Waals surface area (Å²) in [7, 11) is 4.40. The van der Waals surface area contributed by atoms with Crippen LogP contribution in [0.25, 0.3) is 0 Å². The van der Waals surface area contributed by atoms with E-state index in [1.54, 1.807) is 19.0 Å². The second-order valence-corrected chi connectivity index (χ2v) is 7.36. The Balaban J connectivity index is 3.56. The third kappa shape index (κ3) is 8.10. The van der Waals surface area contributed by atoms with Gasteiger partial charge in [0.25, 0.3) is 0 Å². The van der Waals surface area contributed by atoms with Crippen LogP contribution in [0.1, 0.15) is 20.3 Å². The van der Waals surface area contributed by atoms with Gasteiger partial charge in [-0.3, -0.25) is 9.37 Å². The minimum atomic E-state index is -0.626. The Morgan fingerprint density at radius 3 is 2.61 bits per heavy atom. The first kappa shape index (κ1) is 17.9. The van der Waals surface area contributed by atoms with Gasteiger partial charge in [-0.05, 0) is 18.2 Å². The number of carbonyl (C=O) groups excluding carboxylic acids is 1. The summed E-state index contributed by atoms with van der Waals surface area (Å²) in [6.07, 6.45) is 1.09. The number of hydrogen-bond acceptors (Lipinski definition) is 5. The zero-order valence-electron chi connectivity index (χ0n) is 12.0. The summed E-state index contributed by atoms with van der Waals surface area (Å²) < 4.78 is 4.85. The molecular formula is C11H25NO4SSi. The lowest BCUT2D eigenvalue weighted by Crippen LogP contribution is -2.37. The van der Waals surface area contributed by atoms with E-state index in [1.807, 2.05) is 25.6 Å². The van der Waals surface area contributed by atoms with Gasteiger partial charge >= 0.3 is 0 Å². The van der Waals surface area contributed by atoms with Gasteiger partial charge in [-0.1, -0.05) is 18.9 Å². The van der Waals surface area contributed by atoms with Crippen molar-refractivity contribution >= 4 is 27.4 Å². The van der Waals surface area contributed by atoms with Crippen molar-refractivity contribution in [1.29, 1.82) is 0 Å². The molecule has 0 fully saturated rings. The Morgan fingerprint density at radius 2 is 2.06 bits per heavy atom. The Bertz CT molecular complexity index is 239. The Hall–Kier alpha value is -0.0831. The highest BCUT2D eigenvalue weighted by Crippen LogP contribution is 2.24. The van der Waals surface area contributed by atoms with Crippen molar-refractivity contribution in [3.63, 3.8) is 0 Å². The average molecular weight is 295 g/mol. The number of carbonyl (C=O) groups is 1. The lowest BCUT2D eigenvalue weighted by atomic mass is 9.95. The zero-order chi connectivity index (χ0) is 14.0. The molecule has 0 heterocycles. The molecule has 0 unspecified atom stereocenters. The third-order valence-corrected chi connectivity index (χ3v) is 4.89. The molecule has 0 rings (SSSR count). The largest absolute Gasteiger partial charge is 0.348 e. The van der Waals surface area contributed by atoms with Gasteiger partial charge in [-0.25, -0.2) is 4.89 Å². The van der Waals surface area contributed by atoms with Crippen molar-refractivity contribution in [2.75, 3.05) is 32.7 Å². The van der Waals surface area contributed by atoms with Gasteiger partial charge in [0.15, 0.2) is 0 Å². The number of thioether (sulfide) groups is 1. The minimum Gasteiger partial charge on any atom is -0.348 e.